The molecule has 7 rings (SSSR count). The summed E-state index contributed by atoms with van der Waals surface area (Å²) in [4.78, 5) is 16.6. The number of aromatic nitrogens is 4. The Balaban J connectivity index is 1.26. The lowest BCUT2D eigenvalue weighted by molar-refractivity contribution is 0.576. The molecule has 2 bridgehead atoms. The lowest BCUT2D eigenvalue weighted by Crippen LogP contribution is -2.28. The molecule has 5 aromatic rings. The van der Waals surface area contributed by atoms with Crippen LogP contribution in [0.15, 0.2) is 67.1 Å². The fraction of sp³-hybridized carbons (Fsp3) is 0.250. The first-order valence-electron chi connectivity index (χ1n) is 11.9. The van der Waals surface area contributed by atoms with E-state index in [2.05, 4.69) is 39.1 Å². The smallest absolute Gasteiger partial charge is 0.137 e. The molecule has 0 amide bonds. The van der Waals surface area contributed by atoms with Gasteiger partial charge in [0.1, 0.15) is 17.3 Å². The highest BCUT2D eigenvalue weighted by molar-refractivity contribution is 5.94. The van der Waals surface area contributed by atoms with Gasteiger partial charge in [-0.1, -0.05) is 0 Å². The molecule has 0 spiro atoms. The number of aryl methyl sites for hydroxylation is 1. The van der Waals surface area contributed by atoms with Crippen molar-refractivity contribution >= 4 is 22.4 Å². The number of rotatable bonds is 3. The maximum absolute atomic E-state index is 14.0. The topological polar surface area (TPSA) is 46.3 Å². The number of halogens is 1. The fourth-order valence-electron chi connectivity index (χ4n) is 5.90. The Bertz CT molecular complexity index is 1540. The number of hydrogen-bond acceptors (Lipinski definition) is 4. The Kier molecular flexibility index (Phi) is 4.25. The van der Waals surface area contributed by atoms with Crippen LogP contribution < -0.4 is 4.90 Å². The Morgan fingerprint density at radius 1 is 0.853 bits per heavy atom. The number of pyridine rings is 3. The van der Waals surface area contributed by atoms with Crippen molar-refractivity contribution in [2.45, 2.75) is 44.7 Å². The van der Waals surface area contributed by atoms with Crippen molar-refractivity contribution in [3.8, 4) is 22.4 Å². The average molecular weight is 450 g/mol. The highest BCUT2D eigenvalue weighted by Gasteiger charge is 2.39. The zero-order valence-electron chi connectivity index (χ0n) is 18.9. The second kappa shape index (κ2) is 7.35. The van der Waals surface area contributed by atoms with Gasteiger partial charge in [-0.3, -0.25) is 9.38 Å². The van der Waals surface area contributed by atoms with E-state index in [0.29, 0.717) is 12.1 Å². The van der Waals surface area contributed by atoms with Crippen molar-refractivity contribution in [3.63, 3.8) is 0 Å². The van der Waals surface area contributed by atoms with Crippen LogP contribution in [0, 0.1) is 12.7 Å². The predicted molar refractivity (Wildman–Crippen MR) is 132 cm³/mol. The summed E-state index contributed by atoms with van der Waals surface area (Å²) in [5.74, 6) is 0.832. The van der Waals surface area contributed by atoms with Crippen molar-refractivity contribution in [1.82, 2.24) is 19.4 Å². The largest absolute Gasteiger partial charge is 0.351 e. The normalized spacial score (nSPS) is 19.5. The molecule has 0 saturated carbocycles. The van der Waals surface area contributed by atoms with E-state index in [9.17, 15) is 4.39 Å². The maximum atomic E-state index is 14.0. The van der Waals surface area contributed by atoms with E-state index in [-0.39, 0.29) is 5.82 Å². The van der Waals surface area contributed by atoms with Crippen LogP contribution in [0.4, 0.5) is 10.2 Å². The minimum atomic E-state index is -0.270. The highest BCUT2D eigenvalue weighted by Crippen LogP contribution is 2.40. The lowest BCUT2D eigenvalue weighted by atomic mass is 10.0. The van der Waals surface area contributed by atoms with Gasteiger partial charge in [0.25, 0.3) is 0 Å². The molecule has 0 N–H and O–H groups in total. The van der Waals surface area contributed by atoms with E-state index in [1.807, 2.05) is 36.0 Å². The van der Waals surface area contributed by atoms with E-state index >= 15 is 0 Å². The second-order valence-corrected chi connectivity index (χ2v) is 9.53. The van der Waals surface area contributed by atoms with Crippen molar-refractivity contribution < 1.29 is 4.39 Å². The molecule has 0 unspecified atom stereocenters. The molecule has 2 aliphatic rings. The number of anilines is 1. The van der Waals surface area contributed by atoms with Crippen LogP contribution in [0.2, 0.25) is 0 Å². The Labute approximate surface area is 196 Å². The molecule has 2 saturated heterocycles. The summed E-state index contributed by atoms with van der Waals surface area (Å²) in [5.41, 5.74) is 6.51. The molecular formula is C28H24FN5. The number of imidazole rings is 1. The minimum Gasteiger partial charge on any atom is -0.351 e. The van der Waals surface area contributed by atoms with Gasteiger partial charge < -0.3 is 4.90 Å². The molecular weight excluding hydrogens is 425 g/mol. The van der Waals surface area contributed by atoms with Gasteiger partial charge in [0.2, 0.25) is 0 Å². The van der Waals surface area contributed by atoms with Crippen LogP contribution in [0.25, 0.3) is 38.9 Å². The summed E-state index contributed by atoms with van der Waals surface area (Å²) in [6.07, 6.45) is 11.0. The van der Waals surface area contributed by atoms with Gasteiger partial charge in [-0.15, -0.1) is 0 Å². The molecule has 0 radical (unpaired) electrons. The van der Waals surface area contributed by atoms with Crippen LogP contribution in [-0.2, 0) is 0 Å². The van der Waals surface area contributed by atoms with Gasteiger partial charge in [0.05, 0.1) is 17.4 Å². The molecule has 6 heterocycles. The zero-order chi connectivity index (χ0) is 22.8. The van der Waals surface area contributed by atoms with E-state index < -0.39 is 0 Å². The Morgan fingerprint density at radius 2 is 1.68 bits per heavy atom. The number of benzene rings is 1. The summed E-state index contributed by atoms with van der Waals surface area (Å²) in [5, 5.41) is 0.784. The molecule has 168 valence electrons. The highest BCUT2D eigenvalue weighted by atomic mass is 19.1. The molecule has 2 aliphatic heterocycles. The van der Waals surface area contributed by atoms with Crippen molar-refractivity contribution in [1.29, 1.82) is 0 Å². The zero-order valence-corrected chi connectivity index (χ0v) is 18.9. The molecule has 0 atom stereocenters. The standard InChI is InChI=1S/C28H24FN5/c1-17-12-24(23-14-20(29)3-8-25(23)32-17)26-16-31-28-13-18(10-11-33(26)28)19-2-9-27(30-15-19)34-21-4-5-22(34)7-6-21/h2-3,8-16,21-22H,4-7H2,1H3. The average Bonchev–Trinajstić information content (AvgIpc) is 3.58. The SMILES string of the molecule is Cc1cc(-c2cnc3cc(-c4ccc(N5C6CCC5CC6)nc4)ccn23)c2cc(F)ccc2n1. The van der Waals surface area contributed by atoms with Gasteiger partial charge in [-0.25, -0.2) is 14.4 Å². The third-order valence-electron chi connectivity index (χ3n) is 7.49. The molecule has 0 aliphatic carbocycles. The first-order chi connectivity index (χ1) is 16.6. The monoisotopic (exact) mass is 449 g/mol. The lowest BCUT2D eigenvalue weighted by Gasteiger charge is -2.23. The summed E-state index contributed by atoms with van der Waals surface area (Å²) in [7, 11) is 0. The molecule has 4 aromatic heterocycles. The summed E-state index contributed by atoms with van der Waals surface area (Å²) >= 11 is 0. The third kappa shape index (κ3) is 3.01. The van der Waals surface area contributed by atoms with Gasteiger partial charge in [-0.05, 0) is 86.7 Å². The Hall–Kier alpha value is -3.80. The first-order valence-corrected chi connectivity index (χ1v) is 11.9. The van der Waals surface area contributed by atoms with Crippen LogP contribution in [0.3, 0.4) is 0 Å². The van der Waals surface area contributed by atoms with Gasteiger partial charge in [0, 0.05) is 46.7 Å². The maximum Gasteiger partial charge on any atom is 0.137 e. The molecule has 34 heavy (non-hydrogen) atoms. The fourth-order valence-corrected chi connectivity index (χ4v) is 5.90. The van der Waals surface area contributed by atoms with Crippen LogP contribution in [0.5, 0.6) is 0 Å². The van der Waals surface area contributed by atoms with Gasteiger partial charge in [0.15, 0.2) is 0 Å². The molecule has 6 heteroatoms. The van der Waals surface area contributed by atoms with E-state index in [1.165, 1.54) is 31.7 Å². The number of hydrogen-bond donors (Lipinski definition) is 0. The quantitative estimate of drug-likeness (QED) is 0.329. The number of nitrogens with zero attached hydrogens (tertiary/aromatic N) is 5. The third-order valence-corrected chi connectivity index (χ3v) is 7.49. The minimum absolute atomic E-state index is 0.270. The summed E-state index contributed by atoms with van der Waals surface area (Å²) in [6, 6.07) is 16.6. The van der Waals surface area contributed by atoms with Gasteiger partial charge in [-0.2, -0.15) is 0 Å². The van der Waals surface area contributed by atoms with Crippen LogP contribution >= 0.6 is 0 Å². The van der Waals surface area contributed by atoms with E-state index in [4.69, 9.17) is 4.98 Å². The van der Waals surface area contributed by atoms with Crippen molar-refractivity contribution in [2.24, 2.45) is 0 Å². The summed E-state index contributed by atoms with van der Waals surface area (Å²) < 4.78 is 16.1. The number of fused-ring (bicyclic) bond motifs is 4. The predicted octanol–water partition coefficient (Wildman–Crippen LogP) is 6.19. The first kappa shape index (κ1) is 19.6. The van der Waals surface area contributed by atoms with E-state index in [0.717, 1.165) is 50.4 Å². The van der Waals surface area contributed by atoms with Crippen molar-refractivity contribution in [2.75, 3.05) is 4.90 Å². The second-order valence-electron chi connectivity index (χ2n) is 9.53. The van der Waals surface area contributed by atoms with Crippen LogP contribution in [-0.4, -0.2) is 31.4 Å². The molecule has 2 fully saturated rings. The van der Waals surface area contributed by atoms with Crippen molar-refractivity contribution in [3.05, 3.63) is 78.6 Å². The summed E-state index contributed by atoms with van der Waals surface area (Å²) in [6.45, 7) is 1.96. The molecule has 5 nitrogen and oxygen atoms in total. The van der Waals surface area contributed by atoms with Crippen LogP contribution in [0.1, 0.15) is 31.4 Å². The van der Waals surface area contributed by atoms with E-state index in [1.54, 1.807) is 12.1 Å². The Morgan fingerprint density at radius 3 is 2.44 bits per heavy atom. The van der Waals surface area contributed by atoms with Gasteiger partial charge >= 0.3 is 0 Å². The molecule has 1 aromatic carbocycles.